The molecule has 0 aromatic heterocycles. The Kier molecular flexibility index (Phi) is 9.91. The lowest BCUT2D eigenvalue weighted by Crippen LogP contribution is -2.46. The minimum Gasteiger partial charge on any atom is -0.379 e. The van der Waals surface area contributed by atoms with E-state index in [9.17, 15) is 4.79 Å². The lowest BCUT2D eigenvalue weighted by Gasteiger charge is -2.32. The van der Waals surface area contributed by atoms with Crippen molar-refractivity contribution in [3.8, 4) is 0 Å². The number of hydrogen-bond acceptors (Lipinski definition) is 4. The number of halogens is 1. The fraction of sp³-hybridized carbons (Fsp3) is 0.875. The highest BCUT2D eigenvalue weighted by Crippen LogP contribution is 2.17. The van der Waals surface area contributed by atoms with Crippen molar-refractivity contribution in [1.82, 2.24) is 20.0 Å². The molecule has 2 rings (SSSR count). The molecule has 0 spiro atoms. The molecule has 2 aliphatic rings. The number of amides is 1. The van der Waals surface area contributed by atoms with Crippen LogP contribution in [0.15, 0.2) is 4.99 Å². The Hall–Kier alpha value is -0.610. The average molecular weight is 453 g/mol. The number of nitrogens with zero attached hydrogens (tertiary/aromatic N) is 4. The molecule has 0 saturated carbocycles. The van der Waals surface area contributed by atoms with Gasteiger partial charge in [-0.1, -0.05) is 0 Å². The van der Waals surface area contributed by atoms with E-state index >= 15 is 0 Å². The smallest absolute Gasteiger partial charge is 0.223 e. The van der Waals surface area contributed by atoms with Gasteiger partial charge in [-0.05, 0) is 13.3 Å². The van der Waals surface area contributed by atoms with Gasteiger partial charge in [-0.3, -0.25) is 14.7 Å². The van der Waals surface area contributed by atoms with E-state index in [1.165, 1.54) is 6.42 Å². The van der Waals surface area contributed by atoms with Crippen LogP contribution >= 0.6 is 24.0 Å². The molecular formula is C16H32IN5O2. The zero-order valence-electron chi connectivity index (χ0n) is 15.2. The molecule has 8 heteroatoms. The molecule has 0 aromatic carbocycles. The van der Waals surface area contributed by atoms with Crippen molar-refractivity contribution in [1.29, 1.82) is 0 Å². The second-order valence-corrected chi connectivity index (χ2v) is 6.31. The van der Waals surface area contributed by atoms with Crippen LogP contribution in [0.25, 0.3) is 0 Å². The molecule has 0 aromatic rings. The van der Waals surface area contributed by atoms with Crippen LogP contribution in [0, 0.1) is 0 Å². The molecule has 2 fully saturated rings. The van der Waals surface area contributed by atoms with E-state index in [0.717, 1.165) is 51.9 Å². The molecule has 2 heterocycles. The average Bonchev–Trinajstić information content (AvgIpc) is 3.04. The van der Waals surface area contributed by atoms with Crippen LogP contribution in [0.1, 0.15) is 19.8 Å². The standard InChI is InChI=1S/C16H31N5O2.HI/c1-4-17-16(18-7-5-15(22)19(2)3)21-8-6-14(13-21)20-9-11-23-12-10-20;/h14H,4-13H2,1-3H3,(H,17,18);1H. The zero-order valence-corrected chi connectivity index (χ0v) is 17.5. The van der Waals surface area contributed by atoms with E-state index in [1.54, 1.807) is 19.0 Å². The maximum atomic E-state index is 11.7. The molecule has 2 aliphatic heterocycles. The van der Waals surface area contributed by atoms with E-state index in [4.69, 9.17) is 4.74 Å². The predicted molar refractivity (Wildman–Crippen MR) is 107 cm³/mol. The van der Waals surface area contributed by atoms with Gasteiger partial charge in [0.15, 0.2) is 5.96 Å². The van der Waals surface area contributed by atoms with Crippen LogP contribution in [-0.2, 0) is 9.53 Å². The molecule has 24 heavy (non-hydrogen) atoms. The molecule has 1 unspecified atom stereocenters. The van der Waals surface area contributed by atoms with Crippen molar-refractivity contribution >= 4 is 35.8 Å². The number of nitrogens with one attached hydrogen (secondary N) is 1. The monoisotopic (exact) mass is 453 g/mol. The summed E-state index contributed by atoms with van der Waals surface area (Å²) in [5, 5.41) is 3.36. The molecule has 0 bridgehead atoms. The number of hydrogen-bond donors (Lipinski definition) is 1. The predicted octanol–water partition coefficient (Wildman–Crippen LogP) is 0.455. The van der Waals surface area contributed by atoms with Crippen molar-refractivity contribution < 1.29 is 9.53 Å². The van der Waals surface area contributed by atoms with Gasteiger partial charge in [0, 0.05) is 59.3 Å². The molecule has 1 amide bonds. The highest BCUT2D eigenvalue weighted by Gasteiger charge is 2.30. The molecule has 0 aliphatic carbocycles. The summed E-state index contributed by atoms with van der Waals surface area (Å²) in [6.45, 7) is 9.25. The number of rotatable bonds is 5. The number of morpholine rings is 1. The number of guanidine groups is 1. The van der Waals surface area contributed by atoms with Crippen molar-refractivity contribution in [2.75, 3.05) is 66.6 Å². The minimum absolute atomic E-state index is 0. The Balaban J connectivity index is 0.00000288. The first kappa shape index (κ1) is 21.4. The molecule has 0 radical (unpaired) electrons. The van der Waals surface area contributed by atoms with Gasteiger partial charge < -0.3 is 19.9 Å². The third-order valence-electron chi connectivity index (χ3n) is 4.45. The summed E-state index contributed by atoms with van der Waals surface area (Å²) >= 11 is 0. The maximum Gasteiger partial charge on any atom is 0.223 e. The molecular weight excluding hydrogens is 421 g/mol. The Morgan fingerprint density at radius 2 is 2.00 bits per heavy atom. The van der Waals surface area contributed by atoms with E-state index in [2.05, 4.69) is 27.0 Å². The Bertz CT molecular complexity index is 413. The quantitative estimate of drug-likeness (QED) is 0.373. The van der Waals surface area contributed by atoms with Crippen molar-refractivity contribution in [2.24, 2.45) is 4.99 Å². The second kappa shape index (κ2) is 11.1. The number of likely N-dealkylation sites (tertiary alicyclic amines) is 1. The lowest BCUT2D eigenvalue weighted by molar-refractivity contribution is -0.128. The molecule has 2 saturated heterocycles. The van der Waals surface area contributed by atoms with Crippen LogP contribution in [0.5, 0.6) is 0 Å². The third-order valence-corrected chi connectivity index (χ3v) is 4.45. The summed E-state index contributed by atoms with van der Waals surface area (Å²) < 4.78 is 5.44. The first-order valence-electron chi connectivity index (χ1n) is 8.67. The topological polar surface area (TPSA) is 60.4 Å². The van der Waals surface area contributed by atoms with Gasteiger partial charge in [-0.2, -0.15) is 0 Å². The van der Waals surface area contributed by atoms with E-state index in [0.29, 0.717) is 19.0 Å². The molecule has 1 atom stereocenters. The summed E-state index contributed by atoms with van der Waals surface area (Å²) in [6, 6.07) is 0.589. The highest BCUT2D eigenvalue weighted by atomic mass is 127. The number of aliphatic imine (C=N–C) groups is 1. The van der Waals surface area contributed by atoms with E-state index < -0.39 is 0 Å². The second-order valence-electron chi connectivity index (χ2n) is 6.31. The third kappa shape index (κ3) is 6.36. The molecule has 7 nitrogen and oxygen atoms in total. The number of ether oxygens (including phenoxy) is 1. The zero-order chi connectivity index (χ0) is 16.7. The van der Waals surface area contributed by atoms with Gasteiger partial charge in [0.1, 0.15) is 0 Å². The summed E-state index contributed by atoms with van der Waals surface area (Å²) in [7, 11) is 3.56. The summed E-state index contributed by atoms with van der Waals surface area (Å²) in [6.07, 6.45) is 1.63. The summed E-state index contributed by atoms with van der Waals surface area (Å²) in [5.41, 5.74) is 0. The Labute approximate surface area is 162 Å². The van der Waals surface area contributed by atoms with Gasteiger partial charge in [0.05, 0.1) is 19.8 Å². The number of carbonyl (C=O) groups is 1. The normalized spacial score (nSPS) is 22.2. The van der Waals surface area contributed by atoms with E-state index in [1.807, 2.05) is 0 Å². The summed E-state index contributed by atoms with van der Waals surface area (Å²) in [4.78, 5) is 22.8. The minimum atomic E-state index is 0. The fourth-order valence-corrected chi connectivity index (χ4v) is 3.08. The van der Waals surface area contributed by atoms with Crippen LogP contribution in [0.3, 0.4) is 0 Å². The van der Waals surface area contributed by atoms with Gasteiger partial charge in [0.25, 0.3) is 0 Å². The van der Waals surface area contributed by atoms with Gasteiger partial charge >= 0.3 is 0 Å². The SMILES string of the molecule is CCNC(=NCCC(=O)N(C)C)N1CCC(N2CCOCC2)C1.I. The first-order chi connectivity index (χ1) is 11.1. The Morgan fingerprint density at radius 1 is 1.29 bits per heavy atom. The Morgan fingerprint density at radius 3 is 2.62 bits per heavy atom. The van der Waals surface area contributed by atoms with Crippen LogP contribution in [0.4, 0.5) is 0 Å². The largest absolute Gasteiger partial charge is 0.379 e. The van der Waals surface area contributed by atoms with Crippen LogP contribution in [-0.4, -0.2) is 99.2 Å². The maximum absolute atomic E-state index is 11.7. The van der Waals surface area contributed by atoms with Gasteiger partial charge in [-0.25, -0.2) is 0 Å². The molecule has 140 valence electrons. The van der Waals surface area contributed by atoms with Gasteiger partial charge in [0.2, 0.25) is 5.91 Å². The highest BCUT2D eigenvalue weighted by molar-refractivity contribution is 14.0. The number of carbonyl (C=O) groups excluding carboxylic acids is 1. The molecule has 1 N–H and O–H groups in total. The van der Waals surface area contributed by atoms with Crippen LogP contribution in [0.2, 0.25) is 0 Å². The van der Waals surface area contributed by atoms with Crippen molar-refractivity contribution in [3.05, 3.63) is 0 Å². The van der Waals surface area contributed by atoms with Crippen molar-refractivity contribution in [2.45, 2.75) is 25.8 Å². The van der Waals surface area contributed by atoms with Crippen molar-refractivity contribution in [3.63, 3.8) is 0 Å². The first-order valence-corrected chi connectivity index (χ1v) is 8.67. The lowest BCUT2D eigenvalue weighted by atomic mass is 10.2. The summed E-state index contributed by atoms with van der Waals surface area (Å²) in [5.74, 6) is 1.06. The van der Waals surface area contributed by atoms with Crippen LogP contribution < -0.4 is 5.32 Å². The fourth-order valence-electron chi connectivity index (χ4n) is 3.08. The van der Waals surface area contributed by atoms with E-state index in [-0.39, 0.29) is 29.9 Å². The van der Waals surface area contributed by atoms with Gasteiger partial charge in [-0.15, -0.1) is 24.0 Å².